The monoisotopic (exact) mass is 252 g/mol. The molecular formula is C12H23F3N2. The van der Waals surface area contributed by atoms with Crippen LogP contribution in [0, 0.1) is 0 Å². The van der Waals surface area contributed by atoms with E-state index in [2.05, 4.69) is 12.2 Å². The molecule has 1 N–H and O–H groups in total. The molecule has 1 aliphatic heterocycles. The zero-order valence-electron chi connectivity index (χ0n) is 10.7. The van der Waals surface area contributed by atoms with Gasteiger partial charge in [0, 0.05) is 12.1 Å². The van der Waals surface area contributed by atoms with E-state index in [1.54, 1.807) is 4.90 Å². The molecule has 1 unspecified atom stereocenters. The van der Waals surface area contributed by atoms with Crippen LogP contribution in [0.25, 0.3) is 0 Å². The van der Waals surface area contributed by atoms with Crippen molar-refractivity contribution >= 4 is 0 Å². The van der Waals surface area contributed by atoms with Crippen molar-refractivity contribution in [2.45, 2.75) is 51.2 Å². The molecule has 1 aliphatic rings. The molecule has 1 fully saturated rings. The highest BCUT2D eigenvalue weighted by molar-refractivity contribution is 4.94. The summed E-state index contributed by atoms with van der Waals surface area (Å²) < 4.78 is 37.4. The van der Waals surface area contributed by atoms with Gasteiger partial charge in [0.05, 0.1) is 6.54 Å². The van der Waals surface area contributed by atoms with Crippen LogP contribution in [0.4, 0.5) is 13.2 Å². The standard InChI is InChI=1S/C12H23F3N2/c1-3-8-17(10-12(13,14)15)9-11(4-2)6-5-7-16-11/h16H,3-10H2,1-2H3. The van der Waals surface area contributed by atoms with Crippen molar-refractivity contribution in [3.8, 4) is 0 Å². The van der Waals surface area contributed by atoms with Crippen LogP contribution in [0.2, 0.25) is 0 Å². The van der Waals surface area contributed by atoms with Gasteiger partial charge >= 0.3 is 6.18 Å². The van der Waals surface area contributed by atoms with Crippen molar-refractivity contribution in [1.29, 1.82) is 0 Å². The van der Waals surface area contributed by atoms with Crippen LogP contribution < -0.4 is 5.32 Å². The Bertz CT molecular complexity index is 222. The Morgan fingerprint density at radius 3 is 2.41 bits per heavy atom. The predicted molar refractivity (Wildman–Crippen MR) is 63.0 cm³/mol. The molecule has 0 saturated carbocycles. The van der Waals surface area contributed by atoms with Gasteiger partial charge in [0.2, 0.25) is 0 Å². The Hall–Kier alpha value is -0.290. The fraction of sp³-hybridized carbons (Fsp3) is 1.00. The molecule has 0 radical (unpaired) electrons. The normalized spacial score (nSPS) is 25.8. The second-order valence-corrected chi connectivity index (χ2v) is 4.99. The van der Waals surface area contributed by atoms with Gasteiger partial charge in [-0.2, -0.15) is 13.2 Å². The van der Waals surface area contributed by atoms with E-state index >= 15 is 0 Å². The molecule has 1 heterocycles. The maximum Gasteiger partial charge on any atom is 0.401 e. The van der Waals surface area contributed by atoms with Gasteiger partial charge in [-0.05, 0) is 38.8 Å². The van der Waals surface area contributed by atoms with E-state index in [1.165, 1.54) is 0 Å². The highest BCUT2D eigenvalue weighted by atomic mass is 19.4. The molecule has 5 heteroatoms. The first-order valence-corrected chi connectivity index (χ1v) is 6.45. The van der Waals surface area contributed by atoms with Crippen LogP contribution >= 0.6 is 0 Å². The van der Waals surface area contributed by atoms with Crippen LogP contribution in [0.1, 0.15) is 39.5 Å². The zero-order chi connectivity index (χ0) is 12.9. The fourth-order valence-electron chi connectivity index (χ4n) is 2.63. The summed E-state index contributed by atoms with van der Waals surface area (Å²) in [4.78, 5) is 1.54. The van der Waals surface area contributed by atoms with Crippen molar-refractivity contribution in [3.05, 3.63) is 0 Å². The van der Waals surface area contributed by atoms with Gasteiger partial charge < -0.3 is 5.32 Å². The second-order valence-electron chi connectivity index (χ2n) is 4.99. The van der Waals surface area contributed by atoms with Gasteiger partial charge in [0.15, 0.2) is 0 Å². The molecule has 1 atom stereocenters. The van der Waals surface area contributed by atoms with E-state index in [4.69, 9.17) is 0 Å². The van der Waals surface area contributed by atoms with Crippen molar-refractivity contribution in [1.82, 2.24) is 10.2 Å². The molecule has 0 amide bonds. The Balaban J connectivity index is 2.58. The molecule has 102 valence electrons. The molecule has 0 aromatic heterocycles. The largest absolute Gasteiger partial charge is 0.401 e. The van der Waals surface area contributed by atoms with Gasteiger partial charge in [0.25, 0.3) is 0 Å². The van der Waals surface area contributed by atoms with Gasteiger partial charge in [-0.15, -0.1) is 0 Å². The molecule has 0 spiro atoms. The van der Waals surface area contributed by atoms with Gasteiger partial charge in [-0.1, -0.05) is 13.8 Å². The maximum absolute atomic E-state index is 12.5. The van der Waals surface area contributed by atoms with Crippen LogP contribution in [0.3, 0.4) is 0 Å². The number of rotatable bonds is 6. The fourth-order valence-corrected chi connectivity index (χ4v) is 2.63. The quantitative estimate of drug-likeness (QED) is 0.782. The van der Waals surface area contributed by atoms with E-state index in [0.29, 0.717) is 13.1 Å². The van der Waals surface area contributed by atoms with Crippen molar-refractivity contribution < 1.29 is 13.2 Å². The third kappa shape index (κ3) is 4.84. The number of nitrogens with one attached hydrogen (secondary N) is 1. The Labute approximate surface area is 102 Å². The van der Waals surface area contributed by atoms with Gasteiger partial charge in [-0.3, -0.25) is 4.90 Å². The van der Waals surface area contributed by atoms with Crippen LogP contribution in [0.15, 0.2) is 0 Å². The Morgan fingerprint density at radius 1 is 1.29 bits per heavy atom. The molecule has 2 nitrogen and oxygen atoms in total. The van der Waals surface area contributed by atoms with E-state index in [-0.39, 0.29) is 5.54 Å². The number of halogens is 3. The smallest absolute Gasteiger partial charge is 0.310 e. The highest BCUT2D eigenvalue weighted by Crippen LogP contribution is 2.26. The molecule has 0 bridgehead atoms. The third-order valence-corrected chi connectivity index (χ3v) is 3.48. The topological polar surface area (TPSA) is 15.3 Å². The second kappa shape index (κ2) is 6.05. The summed E-state index contributed by atoms with van der Waals surface area (Å²) in [5.41, 5.74) is -0.0968. The molecule has 0 aliphatic carbocycles. The third-order valence-electron chi connectivity index (χ3n) is 3.48. The summed E-state index contributed by atoms with van der Waals surface area (Å²) >= 11 is 0. The van der Waals surface area contributed by atoms with Crippen LogP contribution in [0.5, 0.6) is 0 Å². The van der Waals surface area contributed by atoms with Crippen molar-refractivity contribution in [2.75, 3.05) is 26.2 Å². The summed E-state index contributed by atoms with van der Waals surface area (Å²) in [5, 5.41) is 3.39. The van der Waals surface area contributed by atoms with E-state index in [1.807, 2.05) is 6.92 Å². The Morgan fingerprint density at radius 2 is 2.00 bits per heavy atom. The predicted octanol–water partition coefficient (Wildman–Crippen LogP) is 2.79. The zero-order valence-corrected chi connectivity index (χ0v) is 10.7. The van der Waals surface area contributed by atoms with E-state index in [9.17, 15) is 13.2 Å². The van der Waals surface area contributed by atoms with E-state index in [0.717, 1.165) is 32.2 Å². The molecule has 1 saturated heterocycles. The summed E-state index contributed by atoms with van der Waals surface area (Å²) in [6.07, 6.45) is -0.384. The Kier molecular flexibility index (Phi) is 5.25. The van der Waals surface area contributed by atoms with Gasteiger partial charge in [0.1, 0.15) is 0 Å². The molecule has 1 rings (SSSR count). The minimum atomic E-state index is -4.09. The van der Waals surface area contributed by atoms with Crippen LogP contribution in [-0.2, 0) is 0 Å². The lowest BCUT2D eigenvalue weighted by molar-refractivity contribution is -0.147. The average Bonchev–Trinajstić information content (AvgIpc) is 2.65. The minimum absolute atomic E-state index is 0.0968. The first-order valence-electron chi connectivity index (χ1n) is 6.45. The number of hydrogen-bond donors (Lipinski definition) is 1. The summed E-state index contributed by atoms with van der Waals surface area (Å²) in [5.74, 6) is 0. The number of hydrogen-bond acceptors (Lipinski definition) is 2. The minimum Gasteiger partial charge on any atom is -0.310 e. The number of alkyl halides is 3. The lowest BCUT2D eigenvalue weighted by Gasteiger charge is -2.35. The summed E-state index contributed by atoms with van der Waals surface area (Å²) in [7, 11) is 0. The lowest BCUT2D eigenvalue weighted by atomic mass is 9.93. The first-order chi connectivity index (χ1) is 7.91. The average molecular weight is 252 g/mol. The molecule has 17 heavy (non-hydrogen) atoms. The summed E-state index contributed by atoms with van der Waals surface area (Å²) in [6, 6.07) is 0. The van der Waals surface area contributed by atoms with Crippen molar-refractivity contribution in [3.63, 3.8) is 0 Å². The SMILES string of the molecule is CCCN(CC(F)(F)F)CC1(CC)CCCN1. The van der Waals surface area contributed by atoms with Crippen LogP contribution in [-0.4, -0.2) is 42.8 Å². The van der Waals surface area contributed by atoms with E-state index < -0.39 is 12.7 Å². The summed E-state index contributed by atoms with van der Waals surface area (Å²) in [6.45, 7) is 5.14. The molecular weight excluding hydrogens is 229 g/mol. The lowest BCUT2D eigenvalue weighted by Crippen LogP contribution is -2.51. The van der Waals surface area contributed by atoms with Gasteiger partial charge in [-0.25, -0.2) is 0 Å². The maximum atomic E-state index is 12.5. The molecule has 0 aromatic carbocycles. The number of nitrogens with zero attached hydrogens (tertiary/aromatic N) is 1. The molecule has 0 aromatic rings. The highest BCUT2D eigenvalue weighted by Gasteiger charge is 2.37. The van der Waals surface area contributed by atoms with Crippen molar-refractivity contribution in [2.24, 2.45) is 0 Å². The first kappa shape index (κ1) is 14.8.